The molecule has 0 bridgehead atoms. The molecule has 0 aliphatic carbocycles. The lowest BCUT2D eigenvalue weighted by Crippen LogP contribution is -2.34. The van der Waals surface area contributed by atoms with Gasteiger partial charge < -0.3 is 14.5 Å². The molecular formula is C18H16N2O3S. The van der Waals surface area contributed by atoms with Crippen LogP contribution in [0.15, 0.2) is 52.9 Å². The molecule has 0 radical (unpaired) electrons. The number of rotatable bonds is 3. The van der Waals surface area contributed by atoms with Gasteiger partial charge in [0.25, 0.3) is 5.91 Å². The van der Waals surface area contributed by atoms with Gasteiger partial charge in [0.15, 0.2) is 10.9 Å². The standard InChI is InChI=1S/C18H16N2O3S/c1-11-12-7-3-5-9-14(12)23-16(11)17(21)20-18(24)19-13-8-4-6-10-15(13)22-2/h3-10H,1-2H3,(H2,19,20,21,24). The van der Waals surface area contributed by atoms with E-state index < -0.39 is 5.91 Å². The summed E-state index contributed by atoms with van der Waals surface area (Å²) in [5.41, 5.74) is 2.12. The molecule has 0 aliphatic rings. The Kier molecular flexibility index (Phi) is 4.48. The van der Waals surface area contributed by atoms with Crippen molar-refractivity contribution in [3.8, 4) is 5.75 Å². The summed E-state index contributed by atoms with van der Waals surface area (Å²) in [5, 5.41) is 6.66. The van der Waals surface area contributed by atoms with Gasteiger partial charge in [-0.05, 0) is 37.3 Å². The van der Waals surface area contributed by atoms with Crippen LogP contribution in [0.1, 0.15) is 16.1 Å². The molecule has 0 saturated heterocycles. The highest BCUT2D eigenvalue weighted by Gasteiger charge is 2.18. The van der Waals surface area contributed by atoms with Gasteiger partial charge in [-0.2, -0.15) is 0 Å². The van der Waals surface area contributed by atoms with Crippen molar-refractivity contribution in [3.63, 3.8) is 0 Å². The summed E-state index contributed by atoms with van der Waals surface area (Å²) in [5.74, 6) is 0.491. The molecule has 2 aromatic carbocycles. The predicted octanol–water partition coefficient (Wildman–Crippen LogP) is 3.88. The molecule has 24 heavy (non-hydrogen) atoms. The van der Waals surface area contributed by atoms with Gasteiger partial charge in [-0.25, -0.2) is 0 Å². The lowest BCUT2D eigenvalue weighted by atomic mass is 10.1. The molecule has 3 aromatic rings. The van der Waals surface area contributed by atoms with Gasteiger partial charge in [0.1, 0.15) is 11.3 Å². The Labute approximate surface area is 144 Å². The van der Waals surface area contributed by atoms with Gasteiger partial charge in [0, 0.05) is 10.9 Å². The highest BCUT2D eigenvalue weighted by Crippen LogP contribution is 2.25. The quantitative estimate of drug-likeness (QED) is 0.709. The number of para-hydroxylation sites is 3. The first-order chi connectivity index (χ1) is 11.6. The number of amides is 1. The first-order valence-electron chi connectivity index (χ1n) is 7.33. The van der Waals surface area contributed by atoms with Gasteiger partial charge in [-0.3, -0.25) is 10.1 Å². The second-order valence-electron chi connectivity index (χ2n) is 5.16. The molecule has 122 valence electrons. The Bertz CT molecular complexity index is 918. The summed E-state index contributed by atoms with van der Waals surface area (Å²) in [7, 11) is 1.57. The summed E-state index contributed by atoms with van der Waals surface area (Å²) < 4.78 is 10.9. The zero-order chi connectivity index (χ0) is 17.1. The van der Waals surface area contributed by atoms with Gasteiger partial charge in [0.05, 0.1) is 12.8 Å². The van der Waals surface area contributed by atoms with Gasteiger partial charge in [-0.1, -0.05) is 30.3 Å². The molecule has 0 spiro atoms. The van der Waals surface area contributed by atoms with Crippen molar-refractivity contribution < 1.29 is 13.9 Å². The minimum atomic E-state index is -0.393. The third-order valence-electron chi connectivity index (χ3n) is 3.63. The lowest BCUT2D eigenvalue weighted by molar-refractivity contribution is 0.0952. The summed E-state index contributed by atoms with van der Waals surface area (Å²) >= 11 is 5.20. The lowest BCUT2D eigenvalue weighted by Gasteiger charge is -2.12. The van der Waals surface area contributed by atoms with Gasteiger partial charge in [0.2, 0.25) is 0 Å². The van der Waals surface area contributed by atoms with Crippen molar-refractivity contribution in [3.05, 3.63) is 59.9 Å². The number of carbonyl (C=O) groups excluding carboxylic acids is 1. The normalized spacial score (nSPS) is 10.4. The van der Waals surface area contributed by atoms with Crippen LogP contribution >= 0.6 is 12.2 Å². The zero-order valence-corrected chi connectivity index (χ0v) is 14.1. The van der Waals surface area contributed by atoms with Crippen LogP contribution in [0.5, 0.6) is 5.75 Å². The van der Waals surface area contributed by atoms with Crippen LogP contribution in [-0.2, 0) is 0 Å². The van der Waals surface area contributed by atoms with E-state index in [2.05, 4.69) is 10.6 Å². The fraction of sp³-hybridized carbons (Fsp3) is 0.111. The molecule has 0 saturated carbocycles. The smallest absolute Gasteiger partial charge is 0.293 e. The van der Waals surface area contributed by atoms with Gasteiger partial charge in [-0.15, -0.1) is 0 Å². The summed E-state index contributed by atoms with van der Waals surface area (Å²) in [6.07, 6.45) is 0. The van der Waals surface area contributed by atoms with E-state index in [1.165, 1.54) is 0 Å². The number of fused-ring (bicyclic) bond motifs is 1. The average molecular weight is 340 g/mol. The third kappa shape index (κ3) is 3.09. The van der Waals surface area contributed by atoms with E-state index in [-0.39, 0.29) is 10.9 Å². The topological polar surface area (TPSA) is 63.5 Å². The van der Waals surface area contributed by atoms with Crippen molar-refractivity contribution in [2.45, 2.75) is 6.92 Å². The molecule has 3 rings (SSSR count). The average Bonchev–Trinajstić information content (AvgIpc) is 2.93. The Morgan fingerprint density at radius 3 is 2.58 bits per heavy atom. The van der Waals surface area contributed by atoms with Crippen LogP contribution in [-0.4, -0.2) is 18.1 Å². The first-order valence-corrected chi connectivity index (χ1v) is 7.74. The fourth-order valence-electron chi connectivity index (χ4n) is 2.45. The van der Waals surface area contributed by atoms with E-state index >= 15 is 0 Å². The Hall–Kier alpha value is -2.86. The first kappa shape index (κ1) is 16.0. The Balaban J connectivity index is 1.76. The number of methoxy groups -OCH3 is 1. The Morgan fingerprint density at radius 2 is 1.83 bits per heavy atom. The molecule has 0 unspecified atom stereocenters. The predicted molar refractivity (Wildman–Crippen MR) is 97.6 cm³/mol. The highest BCUT2D eigenvalue weighted by molar-refractivity contribution is 7.80. The van der Waals surface area contributed by atoms with E-state index in [1.54, 1.807) is 13.2 Å². The van der Waals surface area contributed by atoms with Crippen molar-refractivity contribution in [2.75, 3.05) is 12.4 Å². The van der Waals surface area contributed by atoms with E-state index in [0.717, 1.165) is 10.9 Å². The molecule has 1 amide bonds. The van der Waals surface area contributed by atoms with E-state index in [0.29, 0.717) is 17.0 Å². The van der Waals surface area contributed by atoms with Gasteiger partial charge >= 0.3 is 0 Å². The molecule has 0 aliphatic heterocycles. The van der Waals surface area contributed by atoms with E-state index in [1.807, 2.05) is 49.4 Å². The maximum absolute atomic E-state index is 12.4. The molecule has 1 aromatic heterocycles. The van der Waals surface area contributed by atoms with Crippen LogP contribution in [0.3, 0.4) is 0 Å². The third-order valence-corrected chi connectivity index (χ3v) is 3.84. The largest absolute Gasteiger partial charge is 0.495 e. The number of aryl methyl sites for hydroxylation is 1. The zero-order valence-electron chi connectivity index (χ0n) is 13.3. The van der Waals surface area contributed by atoms with Crippen LogP contribution in [0.4, 0.5) is 5.69 Å². The Morgan fingerprint density at radius 1 is 1.12 bits per heavy atom. The molecule has 2 N–H and O–H groups in total. The second-order valence-corrected chi connectivity index (χ2v) is 5.57. The maximum Gasteiger partial charge on any atom is 0.293 e. The number of hydrogen-bond acceptors (Lipinski definition) is 4. The number of furan rings is 1. The van der Waals surface area contributed by atoms with Crippen molar-refractivity contribution >= 4 is 39.9 Å². The van der Waals surface area contributed by atoms with E-state index in [9.17, 15) is 4.79 Å². The number of anilines is 1. The summed E-state index contributed by atoms with van der Waals surface area (Å²) in [4.78, 5) is 12.4. The molecule has 5 nitrogen and oxygen atoms in total. The minimum Gasteiger partial charge on any atom is -0.495 e. The number of ether oxygens (including phenoxy) is 1. The van der Waals surface area contributed by atoms with E-state index in [4.69, 9.17) is 21.4 Å². The van der Waals surface area contributed by atoms with Crippen LogP contribution in [0.2, 0.25) is 0 Å². The van der Waals surface area contributed by atoms with Crippen molar-refractivity contribution in [1.29, 1.82) is 0 Å². The number of nitrogens with one attached hydrogen (secondary N) is 2. The number of carbonyl (C=O) groups is 1. The number of thiocarbonyl (C=S) groups is 1. The molecule has 6 heteroatoms. The molecule has 0 fully saturated rings. The molecule has 0 atom stereocenters. The summed E-state index contributed by atoms with van der Waals surface area (Å²) in [6.45, 7) is 1.84. The minimum absolute atomic E-state index is 0.171. The SMILES string of the molecule is COc1ccccc1NC(=S)NC(=O)c1oc2ccccc2c1C. The monoisotopic (exact) mass is 340 g/mol. The van der Waals surface area contributed by atoms with Crippen LogP contribution in [0, 0.1) is 6.92 Å². The fourth-order valence-corrected chi connectivity index (χ4v) is 2.65. The number of hydrogen-bond donors (Lipinski definition) is 2. The van der Waals surface area contributed by atoms with Crippen molar-refractivity contribution in [1.82, 2.24) is 5.32 Å². The van der Waals surface area contributed by atoms with Crippen LogP contribution in [0.25, 0.3) is 11.0 Å². The maximum atomic E-state index is 12.4. The van der Waals surface area contributed by atoms with Crippen molar-refractivity contribution in [2.24, 2.45) is 0 Å². The second kappa shape index (κ2) is 6.72. The summed E-state index contributed by atoms with van der Waals surface area (Å²) in [6, 6.07) is 14.8. The molecular weight excluding hydrogens is 324 g/mol. The number of benzene rings is 2. The van der Waals surface area contributed by atoms with Crippen LogP contribution < -0.4 is 15.4 Å². The highest BCUT2D eigenvalue weighted by atomic mass is 32.1. The molecule has 1 heterocycles.